The van der Waals surface area contributed by atoms with Gasteiger partial charge in [-0.3, -0.25) is 0 Å². The second-order valence-electron chi connectivity index (χ2n) is 7.45. The average Bonchev–Trinajstić information content (AvgIpc) is 2.75. The lowest BCUT2D eigenvalue weighted by molar-refractivity contribution is 0.195. The summed E-state index contributed by atoms with van der Waals surface area (Å²) in [6.45, 7) is 7.68. The normalized spacial score (nSPS) is 38.0. The first kappa shape index (κ1) is 15.2. The van der Waals surface area contributed by atoms with Crippen molar-refractivity contribution in [1.29, 1.82) is 0 Å². The molecular formula is C17H32N2S. The van der Waals surface area contributed by atoms with E-state index in [0.29, 0.717) is 4.75 Å². The molecule has 0 bridgehead atoms. The first-order valence-electron chi connectivity index (χ1n) is 8.85. The molecule has 3 aliphatic rings. The Balaban J connectivity index is 1.56. The Bertz CT molecular complexity index is 295. The third-order valence-electron chi connectivity index (χ3n) is 5.59. The van der Waals surface area contributed by atoms with Gasteiger partial charge in [0.1, 0.15) is 0 Å². The molecule has 1 N–H and O–H groups in total. The molecule has 2 heterocycles. The van der Waals surface area contributed by atoms with Gasteiger partial charge in [0, 0.05) is 23.9 Å². The fraction of sp³-hybridized carbons (Fsp3) is 1.00. The van der Waals surface area contributed by atoms with E-state index in [1.54, 1.807) is 0 Å². The Hall–Kier alpha value is 0.270. The molecule has 1 aliphatic carbocycles. The standard InChI is InChI=1S/C17H32N2S/c1-17(9-5-12-20-17)14-19-11-6-10-18-16(13-19)15-7-3-2-4-8-15/h15-16,18H,2-14H2,1H3. The average molecular weight is 297 g/mol. The number of hydrogen-bond donors (Lipinski definition) is 1. The van der Waals surface area contributed by atoms with Crippen molar-refractivity contribution in [3.05, 3.63) is 0 Å². The number of thioether (sulfide) groups is 1. The van der Waals surface area contributed by atoms with Gasteiger partial charge in [-0.15, -0.1) is 0 Å². The fourth-order valence-corrected chi connectivity index (χ4v) is 5.80. The molecule has 1 saturated carbocycles. The number of nitrogens with one attached hydrogen (secondary N) is 1. The molecule has 0 spiro atoms. The second-order valence-corrected chi connectivity index (χ2v) is 9.13. The predicted molar refractivity (Wildman–Crippen MR) is 89.5 cm³/mol. The van der Waals surface area contributed by atoms with E-state index in [-0.39, 0.29) is 0 Å². The van der Waals surface area contributed by atoms with Crippen LogP contribution in [0.25, 0.3) is 0 Å². The maximum Gasteiger partial charge on any atom is 0.0259 e. The molecule has 2 atom stereocenters. The molecule has 2 unspecified atom stereocenters. The molecule has 0 aromatic heterocycles. The minimum Gasteiger partial charge on any atom is -0.312 e. The van der Waals surface area contributed by atoms with Crippen molar-refractivity contribution in [2.45, 2.75) is 69.1 Å². The van der Waals surface area contributed by atoms with Crippen LogP contribution in [0.15, 0.2) is 0 Å². The molecule has 2 aliphatic heterocycles. The Morgan fingerprint density at radius 2 is 2.00 bits per heavy atom. The monoisotopic (exact) mass is 296 g/mol. The summed E-state index contributed by atoms with van der Waals surface area (Å²) in [5, 5.41) is 3.87. The molecular weight excluding hydrogens is 264 g/mol. The summed E-state index contributed by atoms with van der Waals surface area (Å²) < 4.78 is 0.543. The zero-order valence-electron chi connectivity index (χ0n) is 13.2. The SMILES string of the molecule is CC1(CN2CCCNC(C3CCCCC3)C2)CCCS1. The summed E-state index contributed by atoms with van der Waals surface area (Å²) in [4.78, 5) is 2.79. The van der Waals surface area contributed by atoms with Gasteiger partial charge in [-0.25, -0.2) is 0 Å². The molecule has 2 nitrogen and oxygen atoms in total. The van der Waals surface area contributed by atoms with Crippen LogP contribution in [-0.2, 0) is 0 Å². The Kier molecular flexibility index (Phi) is 5.33. The van der Waals surface area contributed by atoms with Gasteiger partial charge in [0.25, 0.3) is 0 Å². The third-order valence-corrected chi connectivity index (χ3v) is 7.11. The van der Waals surface area contributed by atoms with E-state index in [9.17, 15) is 0 Å². The lowest BCUT2D eigenvalue weighted by Gasteiger charge is -2.36. The van der Waals surface area contributed by atoms with Crippen molar-refractivity contribution >= 4 is 11.8 Å². The molecule has 0 radical (unpaired) electrons. The van der Waals surface area contributed by atoms with Gasteiger partial charge in [0.2, 0.25) is 0 Å². The van der Waals surface area contributed by atoms with E-state index < -0.39 is 0 Å². The molecule has 116 valence electrons. The summed E-state index contributed by atoms with van der Waals surface area (Å²) in [5.74, 6) is 2.34. The lowest BCUT2D eigenvalue weighted by atomic mass is 9.83. The topological polar surface area (TPSA) is 15.3 Å². The van der Waals surface area contributed by atoms with Crippen molar-refractivity contribution in [3.63, 3.8) is 0 Å². The van der Waals surface area contributed by atoms with Crippen molar-refractivity contribution in [2.75, 3.05) is 31.9 Å². The van der Waals surface area contributed by atoms with E-state index in [2.05, 4.69) is 28.9 Å². The van der Waals surface area contributed by atoms with Gasteiger partial charge in [-0.2, -0.15) is 11.8 Å². The minimum atomic E-state index is 0.543. The number of nitrogens with zero attached hydrogens (tertiary/aromatic N) is 1. The summed E-state index contributed by atoms with van der Waals surface area (Å²) in [6, 6.07) is 0.771. The fourth-order valence-electron chi connectivity index (χ4n) is 4.45. The zero-order valence-corrected chi connectivity index (χ0v) is 14.0. The Morgan fingerprint density at radius 1 is 1.15 bits per heavy atom. The van der Waals surface area contributed by atoms with Crippen LogP contribution in [0.2, 0.25) is 0 Å². The smallest absolute Gasteiger partial charge is 0.0259 e. The summed E-state index contributed by atoms with van der Waals surface area (Å²) in [5.41, 5.74) is 0. The molecule has 3 rings (SSSR count). The van der Waals surface area contributed by atoms with Crippen LogP contribution in [0.5, 0.6) is 0 Å². The van der Waals surface area contributed by atoms with E-state index in [4.69, 9.17) is 0 Å². The van der Waals surface area contributed by atoms with Gasteiger partial charge in [-0.1, -0.05) is 19.3 Å². The molecule has 3 fully saturated rings. The van der Waals surface area contributed by atoms with Crippen molar-refractivity contribution < 1.29 is 0 Å². The largest absolute Gasteiger partial charge is 0.312 e. The minimum absolute atomic E-state index is 0.543. The highest BCUT2D eigenvalue weighted by molar-refractivity contribution is 8.00. The summed E-state index contributed by atoms with van der Waals surface area (Å²) in [6.07, 6.45) is 11.5. The van der Waals surface area contributed by atoms with Crippen LogP contribution >= 0.6 is 11.8 Å². The highest BCUT2D eigenvalue weighted by Crippen LogP contribution is 2.38. The van der Waals surface area contributed by atoms with Crippen LogP contribution in [0.3, 0.4) is 0 Å². The molecule has 20 heavy (non-hydrogen) atoms. The molecule has 0 amide bonds. The van der Waals surface area contributed by atoms with Gasteiger partial charge < -0.3 is 10.2 Å². The van der Waals surface area contributed by atoms with Crippen LogP contribution < -0.4 is 5.32 Å². The second kappa shape index (κ2) is 7.02. The quantitative estimate of drug-likeness (QED) is 0.858. The van der Waals surface area contributed by atoms with E-state index in [0.717, 1.165) is 12.0 Å². The first-order chi connectivity index (χ1) is 9.75. The van der Waals surface area contributed by atoms with Gasteiger partial charge in [0.05, 0.1) is 0 Å². The molecule has 0 aromatic rings. The molecule has 3 heteroatoms. The highest BCUT2D eigenvalue weighted by atomic mass is 32.2. The third kappa shape index (κ3) is 3.92. The first-order valence-corrected chi connectivity index (χ1v) is 9.83. The van der Waals surface area contributed by atoms with Gasteiger partial charge in [0.15, 0.2) is 0 Å². The Labute approximate surface area is 129 Å². The maximum absolute atomic E-state index is 3.87. The number of rotatable bonds is 3. The maximum atomic E-state index is 3.87. The lowest BCUT2D eigenvalue weighted by Crippen LogP contribution is -2.46. The van der Waals surface area contributed by atoms with Crippen LogP contribution in [0.1, 0.15) is 58.3 Å². The van der Waals surface area contributed by atoms with Gasteiger partial charge in [-0.05, 0) is 63.8 Å². The van der Waals surface area contributed by atoms with E-state index in [1.165, 1.54) is 83.3 Å². The Morgan fingerprint density at radius 3 is 2.75 bits per heavy atom. The van der Waals surface area contributed by atoms with E-state index >= 15 is 0 Å². The van der Waals surface area contributed by atoms with Crippen molar-refractivity contribution in [2.24, 2.45) is 5.92 Å². The molecule has 0 aromatic carbocycles. The van der Waals surface area contributed by atoms with Crippen molar-refractivity contribution in [1.82, 2.24) is 10.2 Å². The molecule has 2 saturated heterocycles. The van der Waals surface area contributed by atoms with Crippen LogP contribution in [0, 0.1) is 5.92 Å². The highest BCUT2D eigenvalue weighted by Gasteiger charge is 2.34. The number of hydrogen-bond acceptors (Lipinski definition) is 3. The van der Waals surface area contributed by atoms with Gasteiger partial charge >= 0.3 is 0 Å². The van der Waals surface area contributed by atoms with Crippen molar-refractivity contribution in [3.8, 4) is 0 Å². The predicted octanol–water partition coefficient (Wildman–Crippen LogP) is 3.52. The van der Waals surface area contributed by atoms with Crippen LogP contribution in [0.4, 0.5) is 0 Å². The zero-order chi connectivity index (χ0) is 13.8. The van der Waals surface area contributed by atoms with Crippen LogP contribution in [-0.4, -0.2) is 47.6 Å². The summed E-state index contributed by atoms with van der Waals surface area (Å²) >= 11 is 2.22. The van der Waals surface area contributed by atoms with E-state index in [1.807, 2.05) is 0 Å². The summed E-state index contributed by atoms with van der Waals surface area (Å²) in [7, 11) is 0.